The molecular weight excluding hydrogens is 216 g/mol. The van der Waals surface area contributed by atoms with Crippen LogP contribution in [0.1, 0.15) is 11.1 Å². The van der Waals surface area contributed by atoms with Crippen LogP contribution in [0.5, 0.6) is 0 Å². The molecule has 0 fully saturated rings. The van der Waals surface area contributed by atoms with E-state index in [1.807, 2.05) is 24.3 Å². The molecule has 1 aliphatic carbocycles. The molecule has 86 valence electrons. The zero-order chi connectivity index (χ0) is 11.9. The minimum Gasteiger partial charge on any atom is -0.479 e. The van der Waals surface area contributed by atoms with Crippen LogP contribution in [0.15, 0.2) is 43.0 Å². The van der Waals surface area contributed by atoms with Crippen molar-refractivity contribution in [1.82, 2.24) is 9.55 Å². The van der Waals surface area contributed by atoms with Crippen molar-refractivity contribution in [3.63, 3.8) is 0 Å². The number of nitrogens with zero attached hydrogens (tertiary/aromatic N) is 2. The maximum atomic E-state index is 11.6. The van der Waals surface area contributed by atoms with Crippen LogP contribution in [-0.2, 0) is 23.2 Å². The molecule has 0 radical (unpaired) electrons. The Kier molecular flexibility index (Phi) is 2.04. The fourth-order valence-corrected chi connectivity index (χ4v) is 2.55. The highest BCUT2D eigenvalue weighted by Crippen LogP contribution is 2.35. The first-order chi connectivity index (χ1) is 8.22. The monoisotopic (exact) mass is 228 g/mol. The van der Waals surface area contributed by atoms with Crippen molar-refractivity contribution in [3.05, 3.63) is 54.1 Å². The lowest BCUT2D eigenvalue weighted by atomic mass is 9.95. The number of imidazole rings is 1. The molecule has 0 unspecified atom stereocenters. The van der Waals surface area contributed by atoms with Gasteiger partial charge in [-0.1, -0.05) is 24.3 Å². The summed E-state index contributed by atoms with van der Waals surface area (Å²) >= 11 is 0. The maximum absolute atomic E-state index is 11.6. The Morgan fingerprint density at radius 1 is 1.29 bits per heavy atom. The van der Waals surface area contributed by atoms with E-state index in [-0.39, 0.29) is 0 Å². The number of hydrogen-bond donors (Lipinski definition) is 1. The van der Waals surface area contributed by atoms with E-state index >= 15 is 0 Å². The average Bonchev–Trinajstić information content (AvgIpc) is 2.96. The Hall–Kier alpha value is -2.10. The molecule has 0 spiro atoms. The van der Waals surface area contributed by atoms with Gasteiger partial charge in [-0.2, -0.15) is 0 Å². The lowest BCUT2D eigenvalue weighted by Gasteiger charge is -2.25. The number of benzene rings is 1. The van der Waals surface area contributed by atoms with Crippen LogP contribution >= 0.6 is 0 Å². The van der Waals surface area contributed by atoms with Gasteiger partial charge in [-0.15, -0.1) is 0 Å². The molecule has 0 saturated carbocycles. The molecule has 1 aromatic heterocycles. The summed E-state index contributed by atoms with van der Waals surface area (Å²) in [5, 5.41) is 9.56. The molecule has 0 saturated heterocycles. The van der Waals surface area contributed by atoms with E-state index in [0.29, 0.717) is 12.8 Å². The molecule has 2 aromatic rings. The number of carboxylic acids is 1. The number of carboxylic acid groups (broad SMARTS) is 1. The summed E-state index contributed by atoms with van der Waals surface area (Å²) in [6.45, 7) is 0. The maximum Gasteiger partial charge on any atom is 0.330 e. The van der Waals surface area contributed by atoms with Gasteiger partial charge in [0.1, 0.15) is 0 Å². The Bertz CT molecular complexity index is 536. The predicted molar refractivity (Wildman–Crippen MR) is 61.7 cm³/mol. The third-order valence-electron chi connectivity index (χ3n) is 3.48. The topological polar surface area (TPSA) is 55.1 Å². The van der Waals surface area contributed by atoms with Gasteiger partial charge in [-0.25, -0.2) is 9.78 Å². The van der Waals surface area contributed by atoms with Gasteiger partial charge in [0.2, 0.25) is 0 Å². The first-order valence-corrected chi connectivity index (χ1v) is 5.51. The van der Waals surface area contributed by atoms with Gasteiger partial charge in [0, 0.05) is 25.2 Å². The molecular formula is C13H12N2O2. The van der Waals surface area contributed by atoms with E-state index in [2.05, 4.69) is 4.98 Å². The first-order valence-electron chi connectivity index (χ1n) is 5.51. The van der Waals surface area contributed by atoms with Gasteiger partial charge < -0.3 is 9.67 Å². The number of rotatable bonds is 2. The third kappa shape index (κ3) is 1.37. The van der Waals surface area contributed by atoms with Crippen molar-refractivity contribution in [2.24, 2.45) is 0 Å². The highest BCUT2D eigenvalue weighted by atomic mass is 16.4. The Morgan fingerprint density at radius 2 is 1.94 bits per heavy atom. The lowest BCUT2D eigenvalue weighted by Crippen LogP contribution is -2.42. The molecule has 4 heteroatoms. The second kappa shape index (κ2) is 3.45. The molecule has 1 aliphatic rings. The highest BCUT2D eigenvalue weighted by molar-refractivity contribution is 5.79. The van der Waals surface area contributed by atoms with Crippen LogP contribution < -0.4 is 0 Å². The number of hydrogen-bond acceptors (Lipinski definition) is 2. The second-order valence-corrected chi connectivity index (χ2v) is 4.43. The largest absolute Gasteiger partial charge is 0.479 e. The van der Waals surface area contributed by atoms with Crippen LogP contribution in [0, 0.1) is 0 Å². The summed E-state index contributed by atoms with van der Waals surface area (Å²) in [4.78, 5) is 15.6. The fraction of sp³-hybridized carbons (Fsp3) is 0.231. The summed E-state index contributed by atoms with van der Waals surface area (Å²) in [7, 11) is 0. The molecule has 1 aromatic carbocycles. The number of aromatic nitrogens is 2. The van der Waals surface area contributed by atoms with Crippen LogP contribution in [0.4, 0.5) is 0 Å². The van der Waals surface area contributed by atoms with Crippen molar-refractivity contribution in [1.29, 1.82) is 0 Å². The zero-order valence-corrected chi connectivity index (χ0v) is 9.21. The molecule has 0 amide bonds. The average molecular weight is 228 g/mol. The lowest BCUT2D eigenvalue weighted by molar-refractivity contribution is -0.147. The van der Waals surface area contributed by atoms with E-state index in [0.717, 1.165) is 11.1 Å². The van der Waals surface area contributed by atoms with Gasteiger partial charge in [-0.3, -0.25) is 0 Å². The summed E-state index contributed by atoms with van der Waals surface area (Å²) in [6, 6.07) is 7.89. The summed E-state index contributed by atoms with van der Waals surface area (Å²) in [5.74, 6) is -0.799. The van der Waals surface area contributed by atoms with Crippen molar-refractivity contribution in [2.75, 3.05) is 0 Å². The van der Waals surface area contributed by atoms with Crippen molar-refractivity contribution in [3.8, 4) is 0 Å². The minimum absolute atomic E-state index is 0.523. The number of aliphatic carboxylic acids is 1. The molecule has 17 heavy (non-hydrogen) atoms. The van der Waals surface area contributed by atoms with Crippen LogP contribution in [0.2, 0.25) is 0 Å². The number of carbonyl (C=O) groups is 1. The van der Waals surface area contributed by atoms with Gasteiger partial charge in [0.15, 0.2) is 5.54 Å². The standard InChI is InChI=1S/C13H12N2O2/c16-12(17)13(15-6-5-14-9-15)7-10-3-1-2-4-11(10)8-13/h1-6,9H,7-8H2,(H,16,17). The summed E-state index contributed by atoms with van der Waals surface area (Å²) in [5.41, 5.74) is 1.33. The van der Waals surface area contributed by atoms with Gasteiger partial charge in [-0.05, 0) is 11.1 Å². The molecule has 1 heterocycles. The molecule has 0 atom stereocenters. The van der Waals surface area contributed by atoms with E-state index in [9.17, 15) is 9.90 Å². The number of fused-ring (bicyclic) bond motifs is 1. The SMILES string of the molecule is O=C(O)C1(n2ccnc2)Cc2ccccc2C1. The molecule has 0 aliphatic heterocycles. The van der Waals surface area contributed by atoms with Gasteiger partial charge in [0.25, 0.3) is 0 Å². The smallest absolute Gasteiger partial charge is 0.330 e. The van der Waals surface area contributed by atoms with Crippen molar-refractivity contribution >= 4 is 5.97 Å². The Balaban J connectivity index is 2.10. The van der Waals surface area contributed by atoms with E-state index in [1.54, 1.807) is 23.3 Å². The molecule has 1 N–H and O–H groups in total. The van der Waals surface area contributed by atoms with E-state index in [1.165, 1.54) is 0 Å². The predicted octanol–water partition coefficient (Wildman–Crippen LogP) is 1.46. The Labute approximate surface area is 98.5 Å². The third-order valence-corrected chi connectivity index (χ3v) is 3.48. The van der Waals surface area contributed by atoms with Gasteiger partial charge in [0.05, 0.1) is 6.33 Å². The van der Waals surface area contributed by atoms with E-state index < -0.39 is 11.5 Å². The van der Waals surface area contributed by atoms with Crippen LogP contribution in [0.25, 0.3) is 0 Å². The zero-order valence-electron chi connectivity index (χ0n) is 9.21. The summed E-state index contributed by atoms with van der Waals surface area (Å²) < 4.78 is 1.70. The molecule has 4 nitrogen and oxygen atoms in total. The quantitative estimate of drug-likeness (QED) is 0.846. The van der Waals surface area contributed by atoms with E-state index in [4.69, 9.17) is 0 Å². The normalized spacial score (nSPS) is 16.7. The first kappa shape index (κ1) is 10.1. The summed E-state index contributed by atoms with van der Waals surface area (Å²) in [6.07, 6.45) is 5.97. The highest BCUT2D eigenvalue weighted by Gasteiger charge is 2.45. The van der Waals surface area contributed by atoms with Crippen LogP contribution in [-0.4, -0.2) is 20.6 Å². The fourth-order valence-electron chi connectivity index (χ4n) is 2.55. The van der Waals surface area contributed by atoms with Crippen molar-refractivity contribution < 1.29 is 9.90 Å². The molecule has 3 rings (SSSR count). The van der Waals surface area contributed by atoms with Gasteiger partial charge >= 0.3 is 5.97 Å². The van der Waals surface area contributed by atoms with Crippen LogP contribution in [0.3, 0.4) is 0 Å². The van der Waals surface area contributed by atoms with Crippen molar-refractivity contribution in [2.45, 2.75) is 18.4 Å². The Morgan fingerprint density at radius 3 is 2.41 bits per heavy atom. The second-order valence-electron chi connectivity index (χ2n) is 4.43. The molecule has 0 bridgehead atoms. The minimum atomic E-state index is -0.903.